The molecule has 1 aromatic rings. The number of aryl methyl sites for hydroxylation is 1. The minimum Gasteiger partial charge on any atom is -0.299 e. The second kappa shape index (κ2) is 5.70. The predicted molar refractivity (Wildman–Crippen MR) is 70.0 cm³/mol. The van der Waals surface area contributed by atoms with Crippen LogP contribution in [-0.4, -0.2) is 18.0 Å². The van der Waals surface area contributed by atoms with Gasteiger partial charge in [-0.15, -0.1) is 0 Å². The molecule has 0 saturated carbocycles. The van der Waals surface area contributed by atoms with Crippen molar-refractivity contribution < 1.29 is 0 Å². The standard InChI is InChI=1S/C14H20ClN/c1-2-12-8-13(10-14(15)9-12)11-16-6-4-3-5-7-16/h8-10H,2-7,11H2,1H3. The average molecular weight is 238 g/mol. The third-order valence-corrected chi connectivity index (χ3v) is 3.50. The van der Waals surface area contributed by atoms with Gasteiger partial charge >= 0.3 is 0 Å². The quantitative estimate of drug-likeness (QED) is 0.771. The van der Waals surface area contributed by atoms with Gasteiger partial charge in [0.05, 0.1) is 0 Å². The Kier molecular flexibility index (Phi) is 4.25. The lowest BCUT2D eigenvalue weighted by atomic mass is 10.1. The molecule has 0 aromatic heterocycles. The fraction of sp³-hybridized carbons (Fsp3) is 0.571. The highest BCUT2D eigenvalue weighted by atomic mass is 35.5. The monoisotopic (exact) mass is 237 g/mol. The van der Waals surface area contributed by atoms with Gasteiger partial charge in [-0.25, -0.2) is 0 Å². The summed E-state index contributed by atoms with van der Waals surface area (Å²) in [5.41, 5.74) is 2.71. The predicted octanol–water partition coefficient (Wildman–Crippen LogP) is 3.89. The van der Waals surface area contributed by atoms with Crippen molar-refractivity contribution in [2.75, 3.05) is 13.1 Å². The van der Waals surface area contributed by atoms with Gasteiger partial charge in [0.15, 0.2) is 0 Å². The van der Waals surface area contributed by atoms with Gasteiger partial charge in [0, 0.05) is 11.6 Å². The number of halogens is 1. The van der Waals surface area contributed by atoms with Crippen molar-refractivity contribution in [1.82, 2.24) is 4.90 Å². The van der Waals surface area contributed by atoms with Crippen LogP contribution in [0.2, 0.25) is 5.02 Å². The molecule has 1 heterocycles. The van der Waals surface area contributed by atoms with Crippen molar-refractivity contribution in [1.29, 1.82) is 0 Å². The van der Waals surface area contributed by atoms with E-state index in [0.717, 1.165) is 18.0 Å². The van der Waals surface area contributed by atoms with E-state index in [0.29, 0.717) is 0 Å². The van der Waals surface area contributed by atoms with Crippen molar-refractivity contribution >= 4 is 11.6 Å². The maximum Gasteiger partial charge on any atom is 0.0411 e. The highest BCUT2D eigenvalue weighted by Crippen LogP contribution is 2.19. The molecule has 1 saturated heterocycles. The zero-order chi connectivity index (χ0) is 11.4. The van der Waals surface area contributed by atoms with Crippen molar-refractivity contribution in [3.63, 3.8) is 0 Å². The van der Waals surface area contributed by atoms with Crippen LogP contribution < -0.4 is 0 Å². The number of nitrogens with zero attached hydrogens (tertiary/aromatic N) is 1. The molecule has 88 valence electrons. The molecule has 0 aliphatic carbocycles. The van der Waals surface area contributed by atoms with Gasteiger partial charge in [-0.3, -0.25) is 4.90 Å². The molecular weight excluding hydrogens is 218 g/mol. The van der Waals surface area contributed by atoms with Gasteiger partial charge in [-0.05, 0) is 55.6 Å². The lowest BCUT2D eigenvalue weighted by Crippen LogP contribution is -2.29. The molecule has 2 rings (SSSR count). The average Bonchev–Trinajstić information content (AvgIpc) is 2.29. The highest BCUT2D eigenvalue weighted by Gasteiger charge is 2.10. The molecule has 0 bridgehead atoms. The first-order chi connectivity index (χ1) is 7.78. The van der Waals surface area contributed by atoms with Crippen LogP contribution in [0.15, 0.2) is 18.2 Å². The fourth-order valence-electron chi connectivity index (χ4n) is 2.39. The summed E-state index contributed by atoms with van der Waals surface area (Å²) in [7, 11) is 0. The van der Waals surface area contributed by atoms with Crippen LogP contribution in [0.5, 0.6) is 0 Å². The van der Waals surface area contributed by atoms with E-state index in [1.807, 2.05) is 0 Å². The van der Waals surface area contributed by atoms with E-state index in [1.165, 1.54) is 43.5 Å². The van der Waals surface area contributed by atoms with E-state index in [1.54, 1.807) is 0 Å². The molecule has 0 amide bonds. The highest BCUT2D eigenvalue weighted by molar-refractivity contribution is 6.30. The van der Waals surface area contributed by atoms with Crippen molar-refractivity contribution in [2.24, 2.45) is 0 Å². The topological polar surface area (TPSA) is 3.24 Å². The van der Waals surface area contributed by atoms with E-state index in [9.17, 15) is 0 Å². The molecule has 0 spiro atoms. The Hall–Kier alpha value is -0.530. The Bertz CT molecular complexity index is 343. The molecular formula is C14H20ClN. The Balaban J connectivity index is 2.04. The van der Waals surface area contributed by atoms with E-state index in [2.05, 4.69) is 30.0 Å². The summed E-state index contributed by atoms with van der Waals surface area (Å²) >= 11 is 6.13. The SMILES string of the molecule is CCc1cc(Cl)cc(CN2CCCCC2)c1. The molecule has 1 aliphatic heterocycles. The number of piperidine rings is 1. The maximum atomic E-state index is 6.13. The summed E-state index contributed by atoms with van der Waals surface area (Å²) in [6.07, 6.45) is 5.15. The summed E-state index contributed by atoms with van der Waals surface area (Å²) in [5, 5.41) is 0.881. The van der Waals surface area contributed by atoms with Crippen LogP contribution >= 0.6 is 11.6 Å². The second-order valence-electron chi connectivity index (χ2n) is 4.66. The Morgan fingerprint density at radius 3 is 2.44 bits per heavy atom. The zero-order valence-corrected chi connectivity index (χ0v) is 10.8. The largest absolute Gasteiger partial charge is 0.299 e. The third-order valence-electron chi connectivity index (χ3n) is 3.28. The van der Waals surface area contributed by atoms with Crippen LogP contribution in [0.3, 0.4) is 0 Å². The van der Waals surface area contributed by atoms with Gasteiger partial charge in [-0.1, -0.05) is 31.0 Å². The molecule has 1 aromatic carbocycles. The lowest BCUT2D eigenvalue weighted by Gasteiger charge is -2.26. The van der Waals surface area contributed by atoms with Gasteiger partial charge in [0.2, 0.25) is 0 Å². The van der Waals surface area contributed by atoms with E-state index in [4.69, 9.17) is 11.6 Å². The fourth-order valence-corrected chi connectivity index (χ4v) is 2.67. The summed E-state index contributed by atoms with van der Waals surface area (Å²) in [4.78, 5) is 2.54. The first-order valence-electron chi connectivity index (χ1n) is 6.28. The van der Waals surface area contributed by atoms with Gasteiger partial charge in [-0.2, -0.15) is 0 Å². The molecule has 1 aliphatic rings. The molecule has 0 atom stereocenters. The number of rotatable bonds is 3. The summed E-state index contributed by atoms with van der Waals surface area (Å²) in [6, 6.07) is 6.47. The van der Waals surface area contributed by atoms with Crippen LogP contribution in [0.1, 0.15) is 37.3 Å². The minimum absolute atomic E-state index is 0.881. The summed E-state index contributed by atoms with van der Waals surface area (Å²) in [6.45, 7) is 5.73. The van der Waals surface area contributed by atoms with Crippen LogP contribution in [0.4, 0.5) is 0 Å². The normalized spacial score (nSPS) is 17.6. The number of benzene rings is 1. The first kappa shape index (κ1) is 11.9. The number of hydrogen-bond donors (Lipinski definition) is 0. The van der Waals surface area contributed by atoms with E-state index < -0.39 is 0 Å². The van der Waals surface area contributed by atoms with Crippen molar-refractivity contribution in [3.8, 4) is 0 Å². The zero-order valence-electron chi connectivity index (χ0n) is 10.0. The number of hydrogen-bond acceptors (Lipinski definition) is 1. The van der Waals surface area contributed by atoms with Crippen LogP contribution in [0, 0.1) is 0 Å². The van der Waals surface area contributed by atoms with Gasteiger partial charge in [0.25, 0.3) is 0 Å². The maximum absolute atomic E-state index is 6.13. The van der Waals surface area contributed by atoms with Gasteiger partial charge < -0.3 is 0 Å². The lowest BCUT2D eigenvalue weighted by molar-refractivity contribution is 0.221. The smallest absolute Gasteiger partial charge is 0.0411 e. The molecule has 0 N–H and O–H groups in total. The van der Waals surface area contributed by atoms with E-state index >= 15 is 0 Å². The van der Waals surface area contributed by atoms with Gasteiger partial charge in [0.1, 0.15) is 0 Å². The Morgan fingerprint density at radius 2 is 1.75 bits per heavy atom. The molecule has 0 radical (unpaired) electrons. The van der Waals surface area contributed by atoms with E-state index in [-0.39, 0.29) is 0 Å². The summed E-state index contributed by atoms with van der Waals surface area (Å²) < 4.78 is 0. The Morgan fingerprint density at radius 1 is 1.06 bits per heavy atom. The third kappa shape index (κ3) is 3.23. The first-order valence-corrected chi connectivity index (χ1v) is 6.66. The summed E-state index contributed by atoms with van der Waals surface area (Å²) in [5.74, 6) is 0. The van der Waals surface area contributed by atoms with Crippen LogP contribution in [0.25, 0.3) is 0 Å². The molecule has 2 heteroatoms. The van der Waals surface area contributed by atoms with Crippen LogP contribution in [-0.2, 0) is 13.0 Å². The van der Waals surface area contributed by atoms with Crippen molar-refractivity contribution in [2.45, 2.75) is 39.2 Å². The van der Waals surface area contributed by atoms with Crippen molar-refractivity contribution in [3.05, 3.63) is 34.3 Å². The minimum atomic E-state index is 0.881. The molecule has 0 unspecified atom stereocenters. The molecule has 16 heavy (non-hydrogen) atoms. The molecule has 1 nitrogen and oxygen atoms in total. The number of likely N-dealkylation sites (tertiary alicyclic amines) is 1. The Labute approximate surface area is 103 Å². The molecule has 1 fully saturated rings. The second-order valence-corrected chi connectivity index (χ2v) is 5.09.